The number of carbonyl (C=O) groups excluding carboxylic acids is 2. The lowest BCUT2D eigenvalue weighted by molar-refractivity contribution is -0.163. The first-order chi connectivity index (χ1) is 16.8. The van der Waals surface area contributed by atoms with Gasteiger partial charge >= 0.3 is 5.97 Å². The fourth-order valence-corrected chi connectivity index (χ4v) is 6.73. The third-order valence-corrected chi connectivity index (χ3v) is 8.80. The minimum Gasteiger partial charge on any atom is -0.461 e. The second-order valence-electron chi connectivity index (χ2n) is 11.4. The molecule has 2 saturated carbocycles. The number of ether oxygens (including phenoxy) is 1. The van der Waals surface area contributed by atoms with Crippen molar-refractivity contribution in [2.45, 2.75) is 70.3 Å². The summed E-state index contributed by atoms with van der Waals surface area (Å²) in [6, 6.07) is 18.8. The number of esters is 1. The summed E-state index contributed by atoms with van der Waals surface area (Å²) in [5.74, 6) is -0.406. The molecule has 4 nitrogen and oxygen atoms in total. The second-order valence-corrected chi connectivity index (χ2v) is 11.4. The maximum atomic E-state index is 13.7. The Hall–Kier alpha value is -2.88. The molecular weight excluding hydrogens is 434 g/mol. The van der Waals surface area contributed by atoms with E-state index in [1.807, 2.05) is 25.2 Å². The van der Waals surface area contributed by atoms with Gasteiger partial charge in [0.25, 0.3) is 0 Å². The molecular formula is C31H37NO3. The highest BCUT2D eigenvalue weighted by atomic mass is 16.5. The van der Waals surface area contributed by atoms with E-state index in [0.717, 1.165) is 35.7 Å². The lowest BCUT2D eigenvalue weighted by Crippen LogP contribution is -2.44. The van der Waals surface area contributed by atoms with Crippen LogP contribution in [0.2, 0.25) is 0 Å². The molecule has 5 rings (SSSR count). The third-order valence-electron chi connectivity index (χ3n) is 8.80. The molecule has 2 aromatic carbocycles. The number of ketones is 1. The number of hydrogen-bond acceptors (Lipinski definition) is 3. The number of aryl methyl sites for hydroxylation is 1. The van der Waals surface area contributed by atoms with Gasteiger partial charge in [-0.05, 0) is 47.8 Å². The van der Waals surface area contributed by atoms with E-state index in [-0.39, 0.29) is 35.1 Å². The molecule has 0 radical (unpaired) electrons. The number of carbonyl (C=O) groups is 2. The summed E-state index contributed by atoms with van der Waals surface area (Å²) < 4.78 is 8.43. The zero-order valence-corrected chi connectivity index (χ0v) is 21.4. The van der Waals surface area contributed by atoms with Gasteiger partial charge in [0.05, 0.1) is 0 Å². The lowest BCUT2D eigenvalue weighted by Gasteiger charge is -2.44. The first-order valence-corrected chi connectivity index (χ1v) is 13.1. The Morgan fingerprint density at radius 1 is 1.00 bits per heavy atom. The Kier molecular flexibility index (Phi) is 6.33. The van der Waals surface area contributed by atoms with Crippen molar-refractivity contribution in [3.8, 4) is 0 Å². The molecule has 1 aromatic heterocycles. The topological polar surface area (TPSA) is 48.3 Å². The van der Waals surface area contributed by atoms with Gasteiger partial charge in [-0.2, -0.15) is 0 Å². The van der Waals surface area contributed by atoms with E-state index in [0.29, 0.717) is 18.8 Å². The van der Waals surface area contributed by atoms with Gasteiger partial charge in [0.1, 0.15) is 17.8 Å². The molecule has 184 valence electrons. The molecule has 2 fully saturated rings. The Labute approximate surface area is 208 Å². The Morgan fingerprint density at radius 2 is 1.71 bits per heavy atom. The molecule has 1 heterocycles. The molecule has 5 atom stereocenters. The smallest absolute Gasteiger partial charge is 0.317 e. The third kappa shape index (κ3) is 4.32. The van der Waals surface area contributed by atoms with Crippen molar-refractivity contribution in [2.75, 3.05) is 0 Å². The molecule has 0 aliphatic heterocycles. The van der Waals surface area contributed by atoms with Crippen LogP contribution in [0.15, 0.2) is 60.8 Å². The minimum absolute atomic E-state index is 0.0238. The van der Waals surface area contributed by atoms with Crippen LogP contribution < -0.4 is 0 Å². The lowest BCUT2D eigenvalue weighted by atomic mass is 9.64. The standard InChI is InChI=1S/C31H37NO3/c1-20-14-16-25(31(2,3)21-10-6-5-7-11-21)28(18-20)35-30(34)29-23(15-17-27(29)33)24-19-32(4)26-13-9-8-12-22(24)26/h5-13,19-20,23,25,28-29H,14-18H2,1-4H3/t20-,23+,25-,28-,29+/m1/s1. The first-order valence-electron chi connectivity index (χ1n) is 13.1. The van der Waals surface area contributed by atoms with E-state index >= 15 is 0 Å². The molecule has 2 aliphatic rings. The van der Waals surface area contributed by atoms with Crippen molar-refractivity contribution in [1.29, 1.82) is 0 Å². The number of Topliss-reactive ketones (excluding diaryl/α,β-unsaturated/α-hetero) is 1. The van der Waals surface area contributed by atoms with Crippen LogP contribution >= 0.6 is 0 Å². The van der Waals surface area contributed by atoms with E-state index in [1.165, 1.54) is 5.56 Å². The monoisotopic (exact) mass is 471 g/mol. The van der Waals surface area contributed by atoms with Gasteiger partial charge in [0.15, 0.2) is 0 Å². The van der Waals surface area contributed by atoms with Crippen LogP contribution in [0.5, 0.6) is 0 Å². The molecule has 0 N–H and O–H groups in total. The van der Waals surface area contributed by atoms with Crippen molar-refractivity contribution < 1.29 is 14.3 Å². The van der Waals surface area contributed by atoms with Crippen molar-refractivity contribution >= 4 is 22.7 Å². The van der Waals surface area contributed by atoms with E-state index in [4.69, 9.17) is 4.74 Å². The second kappa shape index (κ2) is 9.29. The summed E-state index contributed by atoms with van der Waals surface area (Å²) in [5, 5.41) is 1.13. The fourth-order valence-electron chi connectivity index (χ4n) is 6.73. The van der Waals surface area contributed by atoms with Gasteiger partial charge in [-0.1, -0.05) is 75.7 Å². The molecule has 0 amide bonds. The Morgan fingerprint density at radius 3 is 2.49 bits per heavy atom. The van der Waals surface area contributed by atoms with Gasteiger partial charge in [-0.25, -0.2) is 0 Å². The molecule has 0 bridgehead atoms. The average Bonchev–Trinajstić information content (AvgIpc) is 3.39. The number of fused-ring (bicyclic) bond motifs is 1. The van der Waals surface area contributed by atoms with Gasteiger partial charge in [-0.15, -0.1) is 0 Å². The predicted octanol–water partition coefficient (Wildman–Crippen LogP) is 6.57. The first kappa shape index (κ1) is 23.8. The molecule has 3 aromatic rings. The quantitative estimate of drug-likeness (QED) is 0.312. The van der Waals surface area contributed by atoms with Crippen LogP contribution in [0.25, 0.3) is 10.9 Å². The van der Waals surface area contributed by atoms with E-state index in [2.05, 4.69) is 67.9 Å². The van der Waals surface area contributed by atoms with Gasteiger partial charge < -0.3 is 9.30 Å². The van der Waals surface area contributed by atoms with Crippen LogP contribution in [-0.4, -0.2) is 22.4 Å². The number of aromatic nitrogens is 1. The predicted molar refractivity (Wildman–Crippen MR) is 139 cm³/mol. The van der Waals surface area contributed by atoms with Crippen LogP contribution in [0.3, 0.4) is 0 Å². The molecule has 0 spiro atoms. The van der Waals surface area contributed by atoms with Crippen molar-refractivity contribution in [3.63, 3.8) is 0 Å². The maximum Gasteiger partial charge on any atom is 0.317 e. The largest absolute Gasteiger partial charge is 0.461 e. The van der Waals surface area contributed by atoms with Gasteiger partial charge in [0, 0.05) is 42.4 Å². The molecule has 4 heteroatoms. The minimum atomic E-state index is -0.710. The average molecular weight is 472 g/mol. The zero-order valence-electron chi connectivity index (χ0n) is 21.4. The number of hydrogen-bond donors (Lipinski definition) is 0. The van der Waals surface area contributed by atoms with Crippen LogP contribution in [0.1, 0.15) is 69.9 Å². The number of rotatable bonds is 5. The SMILES string of the molecule is C[C@@H]1CC[C@@H](C(C)(C)c2ccccc2)[C@H](OC(=O)[C@@H]2C(=O)CC[C@H]2c2cn(C)c3ccccc23)C1. The van der Waals surface area contributed by atoms with Crippen molar-refractivity contribution in [1.82, 2.24) is 4.57 Å². The maximum absolute atomic E-state index is 13.7. The highest BCUT2D eigenvalue weighted by molar-refractivity contribution is 6.02. The molecule has 35 heavy (non-hydrogen) atoms. The van der Waals surface area contributed by atoms with Crippen molar-refractivity contribution in [3.05, 3.63) is 71.9 Å². The summed E-state index contributed by atoms with van der Waals surface area (Å²) in [6.45, 7) is 6.78. The number of para-hydroxylation sites is 1. The summed E-state index contributed by atoms with van der Waals surface area (Å²) in [7, 11) is 2.02. The fraction of sp³-hybridized carbons (Fsp3) is 0.484. The molecule has 2 aliphatic carbocycles. The van der Waals surface area contributed by atoms with Crippen LogP contribution in [-0.2, 0) is 26.8 Å². The van der Waals surface area contributed by atoms with E-state index in [9.17, 15) is 9.59 Å². The van der Waals surface area contributed by atoms with E-state index in [1.54, 1.807) is 0 Å². The Bertz CT molecular complexity index is 1220. The molecule has 0 saturated heterocycles. The zero-order chi connectivity index (χ0) is 24.7. The van der Waals surface area contributed by atoms with E-state index < -0.39 is 5.92 Å². The van der Waals surface area contributed by atoms with Gasteiger partial charge in [-0.3, -0.25) is 9.59 Å². The van der Waals surface area contributed by atoms with Crippen LogP contribution in [0, 0.1) is 17.8 Å². The summed E-state index contributed by atoms with van der Waals surface area (Å²) in [4.78, 5) is 26.8. The highest BCUT2D eigenvalue weighted by Crippen LogP contribution is 2.46. The summed E-state index contributed by atoms with van der Waals surface area (Å²) in [5.41, 5.74) is 3.36. The summed E-state index contributed by atoms with van der Waals surface area (Å²) in [6.07, 6.45) is 6.07. The Balaban J connectivity index is 1.42. The van der Waals surface area contributed by atoms with Gasteiger partial charge in [0.2, 0.25) is 0 Å². The summed E-state index contributed by atoms with van der Waals surface area (Å²) >= 11 is 0. The number of benzene rings is 2. The highest BCUT2D eigenvalue weighted by Gasteiger charge is 2.47. The normalized spacial score (nSPS) is 27.3. The molecule has 0 unspecified atom stereocenters. The number of nitrogens with zero attached hydrogens (tertiary/aromatic N) is 1. The van der Waals surface area contributed by atoms with Crippen molar-refractivity contribution in [2.24, 2.45) is 24.8 Å². The van der Waals surface area contributed by atoms with Crippen LogP contribution in [0.4, 0.5) is 0 Å².